The number of H-pyrrole nitrogens is 1. The minimum absolute atomic E-state index is 1.09. The lowest BCUT2D eigenvalue weighted by Crippen LogP contribution is -2.17. The van der Waals surface area contributed by atoms with Gasteiger partial charge in [-0.1, -0.05) is 0 Å². The van der Waals surface area contributed by atoms with Gasteiger partial charge in [-0.05, 0) is 13.8 Å². The molecule has 0 amide bonds. The maximum absolute atomic E-state index is 8.63. The van der Waals surface area contributed by atoms with Crippen LogP contribution in [-0.2, 0) is 10.4 Å². The molecular formula is C8H14N2O4S. The number of aromatic nitrogens is 2. The Bertz CT molecular complexity index is 384. The van der Waals surface area contributed by atoms with Crippen LogP contribution in [0.1, 0.15) is 22.8 Å². The van der Waals surface area contributed by atoms with Gasteiger partial charge in [-0.15, -0.1) is 0 Å². The average Bonchev–Trinajstić information content (AvgIpc) is 1.98. The normalized spacial score (nSPS) is 10.5. The van der Waals surface area contributed by atoms with Crippen LogP contribution in [0.5, 0.6) is 0 Å². The van der Waals surface area contributed by atoms with Gasteiger partial charge in [0.2, 0.25) is 10.4 Å². The first kappa shape index (κ1) is 13.9. The summed E-state index contributed by atoms with van der Waals surface area (Å²) >= 11 is 0. The maximum atomic E-state index is 8.63. The highest BCUT2D eigenvalue weighted by Gasteiger charge is 2.05. The van der Waals surface area contributed by atoms with Crippen LogP contribution in [0.2, 0.25) is 0 Å². The quantitative estimate of drug-likeness (QED) is 0.507. The van der Waals surface area contributed by atoms with E-state index in [1.54, 1.807) is 0 Å². The first-order valence-electron chi connectivity index (χ1n) is 4.13. The molecule has 1 heterocycles. The van der Waals surface area contributed by atoms with Crippen molar-refractivity contribution in [3.8, 4) is 0 Å². The second kappa shape index (κ2) is 5.15. The largest absolute Gasteiger partial charge is 0.726 e. The lowest BCUT2D eigenvalue weighted by atomic mass is 10.3. The molecular weight excluding hydrogens is 220 g/mol. The molecule has 7 heteroatoms. The zero-order valence-corrected chi connectivity index (χ0v) is 9.84. The molecule has 0 radical (unpaired) electrons. The molecule has 86 valence electrons. The van der Waals surface area contributed by atoms with Gasteiger partial charge in [-0.25, -0.2) is 18.4 Å². The van der Waals surface area contributed by atoms with Crippen LogP contribution in [0, 0.1) is 27.7 Å². The van der Waals surface area contributed by atoms with Crippen LogP contribution in [0.3, 0.4) is 0 Å². The topological polar surface area (TPSA) is 104 Å². The summed E-state index contributed by atoms with van der Waals surface area (Å²) in [6, 6.07) is 0. The van der Waals surface area contributed by atoms with E-state index in [9.17, 15) is 0 Å². The maximum Gasteiger partial charge on any atom is 0.215 e. The second-order valence-electron chi connectivity index (χ2n) is 3.09. The standard InChI is InChI=1S/C8H12N2.H2O4S/c1-5-6(2)10-8(4)7(3)9-5;1-5(2,3)4/h1-4H3;(H2,1,2,3,4). The van der Waals surface area contributed by atoms with Gasteiger partial charge < -0.3 is 4.55 Å². The predicted octanol–water partition coefficient (Wildman–Crippen LogP) is 0.134. The third kappa shape index (κ3) is 6.95. The van der Waals surface area contributed by atoms with Gasteiger partial charge in [0, 0.05) is 13.8 Å². The molecule has 0 aliphatic carbocycles. The summed E-state index contributed by atoms with van der Waals surface area (Å²) in [5.74, 6) is 0. The van der Waals surface area contributed by atoms with Crippen molar-refractivity contribution in [2.75, 3.05) is 0 Å². The number of rotatable bonds is 0. The summed E-state index contributed by atoms with van der Waals surface area (Å²) in [5, 5.41) is 0. The van der Waals surface area contributed by atoms with E-state index in [1.807, 2.05) is 27.7 Å². The van der Waals surface area contributed by atoms with E-state index in [1.165, 1.54) is 0 Å². The third-order valence-corrected chi connectivity index (χ3v) is 1.80. The lowest BCUT2D eigenvalue weighted by molar-refractivity contribution is -0.399. The van der Waals surface area contributed by atoms with Gasteiger partial charge in [0.15, 0.2) is 11.4 Å². The Kier molecular flexibility index (Phi) is 4.79. The molecule has 0 fully saturated rings. The molecule has 2 N–H and O–H groups in total. The predicted molar refractivity (Wildman–Crippen MR) is 52.1 cm³/mol. The van der Waals surface area contributed by atoms with E-state index in [-0.39, 0.29) is 0 Å². The van der Waals surface area contributed by atoms with Crippen molar-refractivity contribution in [1.82, 2.24) is 4.98 Å². The van der Waals surface area contributed by atoms with Crippen LogP contribution in [0.4, 0.5) is 0 Å². The first-order chi connectivity index (χ1) is 6.61. The first-order valence-corrected chi connectivity index (χ1v) is 5.49. The van der Waals surface area contributed by atoms with E-state index in [0.717, 1.165) is 22.8 Å². The highest BCUT2D eigenvalue weighted by molar-refractivity contribution is 7.79. The molecule has 1 rings (SSSR count). The molecule has 0 saturated heterocycles. The molecule has 0 spiro atoms. The minimum atomic E-state index is -4.92. The van der Waals surface area contributed by atoms with Gasteiger partial charge in [-0.2, -0.15) is 0 Å². The van der Waals surface area contributed by atoms with Crippen molar-refractivity contribution in [3.05, 3.63) is 22.8 Å². The van der Waals surface area contributed by atoms with Crippen LogP contribution >= 0.6 is 0 Å². The Morgan fingerprint density at radius 1 is 1.13 bits per heavy atom. The van der Waals surface area contributed by atoms with Crippen molar-refractivity contribution in [3.63, 3.8) is 0 Å². The summed E-state index contributed by atoms with van der Waals surface area (Å²) < 4.78 is 32.8. The Morgan fingerprint density at radius 2 is 1.40 bits per heavy atom. The molecule has 0 bridgehead atoms. The van der Waals surface area contributed by atoms with Gasteiger partial charge in [0.1, 0.15) is 11.4 Å². The number of nitrogens with zero attached hydrogens (tertiary/aromatic N) is 1. The van der Waals surface area contributed by atoms with Crippen molar-refractivity contribution in [2.24, 2.45) is 0 Å². The Morgan fingerprint density at radius 3 is 1.60 bits per heavy atom. The van der Waals surface area contributed by atoms with E-state index in [0.29, 0.717) is 0 Å². The van der Waals surface area contributed by atoms with Gasteiger partial charge in [0.05, 0.1) is 0 Å². The molecule has 0 atom stereocenters. The number of hydrogen-bond donors (Lipinski definition) is 1. The second-order valence-corrected chi connectivity index (χ2v) is 3.94. The van der Waals surface area contributed by atoms with Crippen molar-refractivity contribution < 1.29 is 22.5 Å². The number of aromatic amines is 1. The van der Waals surface area contributed by atoms with Gasteiger partial charge in [0.25, 0.3) is 0 Å². The van der Waals surface area contributed by atoms with E-state index >= 15 is 0 Å². The Labute approximate surface area is 89.0 Å². The van der Waals surface area contributed by atoms with Gasteiger partial charge >= 0.3 is 0 Å². The fourth-order valence-corrected chi connectivity index (χ4v) is 0.881. The number of nitrogens with one attached hydrogen (secondary N) is 1. The van der Waals surface area contributed by atoms with Crippen LogP contribution in [0.15, 0.2) is 0 Å². The highest BCUT2D eigenvalue weighted by Crippen LogP contribution is 1.99. The molecule has 1 aromatic heterocycles. The van der Waals surface area contributed by atoms with Gasteiger partial charge in [-0.3, -0.25) is 4.55 Å². The van der Waals surface area contributed by atoms with Crippen molar-refractivity contribution in [1.29, 1.82) is 0 Å². The molecule has 0 saturated carbocycles. The lowest BCUT2D eigenvalue weighted by Gasteiger charge is -1.95. The van der Waals surface area contributed by atoms with E-state index in [2.05, 4.69) is 9.97 Å². The number of aryl methyl sites for hydroxylation is 4. The van der Waals surface area contributed by atoms with E-state index in [4.69, 9.17) is 17.5 Å². The Balaban J connectivity index is 0.000000336. The summed E-state index contributed by atoms with van der Waals surface area (Å²) in [5.41, 5.74) is 4.48. The molecule has 6 nitrogen and oxygen atoms in total. The zero-order chi connectivity index (χ0) is 12.2. The fourth-order valence-electron chi connectivity index (χ4n) is 0.881. The smallest absolute Gasteiger partial charge is 0.215 e. The average molecular weight is 234 g/mol. The molecule has 0 aliphatic heterocycles. The SMILES string of the molecule is Cc1nc(C)c(C)[nH+]c1C.O=S(=O)([O-])O. The summed E-state index contributed by atoms with van der Waals surface area (Å²) in [6.45, 7) is 8.10. The summed E-state index contributed by atoms with van der Waals surface area (Å²) in [6.07, 6.45) is 0. The zero-order valence-electron chi connectivity index (χ0n) is 9.03. The van der Waals surface area contributed by atoms with Crippen molar-refractivity contribution >= 4 is 10.4 Å². The van der Waals surface area contributed by atoms with Crippen molar-refractivity contribution in [2.45, 2.75) is 27.7 Å². The highest BCUT2D eigenvalue weighted by atomic mass is 32.3. The fraction of sp³-hybridized carbons (Fsp3) is 0.500. The Hall–Kier alpha value is -1.05. The molecule has 0 aliphatic rings. The molecule has 0 unspecified atom stereocenters. The van der Waals surface area contributed by atoms with E-state index < -0.39 is 10.4 Å². The summed E-state index contributed by atoms with van der Waals surface area (Å²) in [4.78, 5) is 7.59. The third-order valence-electron chi connectivity index (χ3n) is 1.80. The van der Waals surface area contributed by atoms with Crippen LogP contribution < -0.4 is 4.98 Å². The molecule has 1 aromatic rings. The number of hydrogen-bond acceptors (Lipinski definition) is 4. The van der Waals surface area contributed by atoms with Crippen LogP contribution in [-0.4, -0.2) is 22.5 Å². The minimum Gasteiger partial charge on any atom is -0.726 e. The van der Waals surface area contributed by atoms with Crippen LogP contribution in [0.25, 0.3) is 0 Å². The molecule has 15 heavy (non-hydrogen) atoms. The summed E-state index contributed by atoms with van der Waals surface area (Å²) in [7, 11) is -4.92. The molecule has 0 aromatic carbocycles. The monoisotopic (exact) mass is 234 g/mol.